The average molecular weight is 274 g/mol. The van der Waals surface area contributed by atoms with E-state index < -0.39 is 0 Å². The fourth-order valence-electron chi connectivity index (χ4n) is 2.37. The fraction of sp³-hybridized carbons (Fsp3) is 0.538. The summed E-state index contributed by atoms with van der Waals surface area (Å²) in [6, 6.07) is 6.14. The summed E-state index contributed by atoms with van der Waals surface area (Å²) in [5.41, 5.74) is 1.03. The topological polar surface area (TPSA) is 21.3 Å². The maximum absolute atomic E-state index is 6.19. The average Bonchev–Trinajstić information content (AvgIpc) is 2.34. The first-order chi connectivity index (χ1) is 8.22. The molecule has 1 aromatic carbocycles. The molecule has 1 saturated heterocycles. The van der Waals surface area contributed by atoms with Gasteiger partial charge < -0.3 is 10.1 Å². The van der Waals surface area contributed by atoms with Gasteiger partial charge in [0.15, 0.2) is 0 Å². The number of halogens is 2. The molecule has 1 aromatic rings. The van der Waals surface area contributed by atoms with E-state index in [0.717, 1.165) is 41.7 Å². The molecule has 0 radical (unpaired) electrons. The van der Waals surface area contributed by atoms with Crippen LogP contribution in [0.1, 0.15) is 12.0 Å². The Labute approximate surface area is 112 Å². The van der Waals surface area contributed by atoms with E-state index in [1.807, 2.05) is 25.2 Å². The van der Waals surface area contributed by atoms with Crippen molar-refractivity contribution in [1.82, 2.24) is 5.32 Å². The van der Waals surface area contributed by atoms with Gasteiger partial charge in [0.1, 0.15) is 0 Å². The lowest BCUT2D eigenvalue weighted by atomic mass is 9.89. The second kappa shape index (κ2) is 6.05. The SMILES string of the molecule is CN[C@@H]1CCOC[C@@H]1Cc1c(Cl)cccc1Cl. The molecule has 0 aromatic heterocycles. The second-order valence-corrected chi connectivity index (χ2v) is 5.24. The molecule has 2 atom stereocenters. The van der Waals surface area contributed by atoms with Crippen LogP contribution in [0.3, 0.4) is 0 Å². The maximum atomic E-state index is 6.19. The number of hydrogen-bond donors (Lipinski definition) is 1. The third-order valence-electron chi connectivity index (χ3n) is 3.37. The van der Waals surface area contributed by atoms with E-state index in [0.29, 0.717) is 12.0 Å². The molecule has 0 aliphatic carbocycles. The number of hydrogen-bond acceptors (Lipinski definition) is 2. The van der Waals surface area contributed by atoms with Crippen molar-refractivity contribution in [1.29, 1.82) is 0 Å². The van der Waals surface area contributed by atoms with Crippen LogP contribution >= 0.6 is 23.2 Å². The summed E-state index contributed by atoms with van der Waals surface area (Å²) in [4.78, 5) is 0. The Morgan fingerprint density at radius 1 is 1.35 bits per heavy atom. The molecule has 1 aliphatic rings. The molecule has 94 valence electrons. The lowest BCUT2D eigenvalue weighted by Gasteiger charge is -2.31. The molecule has 0 saturated carbocycles. The highest BCUT2D eigenvalue weighted by Crippen LogP contribution is 2.29. The summed E-state index contributed by atoms with van der Waals surface area (Å²) in [7, 11) is 2.00. The Kier molecular flexibility index (Phi) is 4.69. The molecule has 0 unspecified atom stereocenters. The van der Waals surface area contributed by atoms with Gasteiger partial charge in [-0.05, 0) is 37.6 Å². The van der Waals surface area contributed by atoms with E-state index >= 15 is 0 Å². The van der Waals surface area contributed by atoms with Gasteiger partial charge in [0.25, 0.3) is 0 Å². The highest BCUT2D eigenvalue weighted by atomic mass is 35.5. The van der Waals surface area contributed by atoms with Gasteiger partial charge in [-0.1, -0.05) is 29.3 Å². The quantitative estimate of drug-likeness (QED) is 0.914. The van der Waals surface area contributed by atoms with Gasteiger partial charge in [-0.25, -0.2) is 0 Å². The molecule has 1 fully saturated rings. The molecule has 4 heteroatoms. The van der Waals surface area contributed by atoms with E-state index in [4.69, 9.17) is 27.9 Å². The van der Waals surface area contributed by atoms with Crippen molar-refractivity contribution in [2.45, 2.75) is 18.9 Å². The van der Waals surface area contributed by atoms with Crippen LogP contribution in [0.5, 0.6) is 0 Å². The summed E-state index contributed by atoms with van der Waals surface area (Å²) in [6.07, 6.45) is 1.91. The normalized spacial score (nSPS) is 24.9. The highest BCUT2D eigenvalue weighted by Gasteiger charge is 2.25. The van der Waals surface area contributed by atoms with E-state index in [2.05, 4.69) is 5.32 Å². The monoisotopic (exact) mass is 273 g/mol. The smallest absolute Gasteiger partial charge is 0.0512 e. The number of ether oxygens (including phenoxy) is 1. The third-order valence-corrected chi connectivity index (χ3v) is 4.08. The van der Waals surface area contributed by atoms with Crippen molar-refractivity contribution in [3.8, 4) is 0 Å². The Hall–Kier alpha value is -0.280. The first kappa shape index (κ1) is 13.2. The molecular weight excluding hydrogens is 257 g/mol. The molecular formula is C13H17Cl2NO. The van der Waals surface area contributed by atoms with Crippen molar-refractivity contribution < 1.29 is 4.74 Å². The molecule has 1 aliphatic heterocycles. The maximum Gasteiger partial charge on any atom is 0.0512 e. The van der Waals surface area contributed by atoms with Crippen molar-refractivity contribution in [2.24, 2.45) is 5.92 Å². The zero-order valence-corrected chi connectivity index (χ0v) is 11.4. The van der Waals surface area contributed by atoms with Gasteiger partial charge in [-0.15, -0.1) is 0 Å². The van der Waals surface area contributed by atoms with Gasteiger partial charge in [0, 0.05) is 28.6 Å². The molecule has 1 heterocycles. The first-order valence-corrected chi connectivity index (χ1v) is 6.66. The summed E-state index contributed by atoms with van der Waals surface area (Å²) >= 11 is 12.4. The molecule has 2 rings (SSSR count). The molecule has 2 nitrogen and oxygen atoms in total. The Bertz CT molecular complexity index is 363. The number of nitrogens with one attached hydrogen (secondary N) is 1. The van der Waals surface area contributed by atoms with Crippen LogP contribution < -0.4 is 5.32 Å². The first-order valence-electron chi connectivity index (χ1n) is 5.90. The Morgan fingerprint density at radius 3 is 2.71 bits per heavy atom. The summed E-state index contributed by atoms with van der Waals surface area (Å²) < 4.78 is 5.54. The summed E-state index contributed by atoms with van der Waals surface area (Å²) in [5.74, 6) is 0.436. The molecule has 0 spiro atoms. The minimum atomic E-state index is 0.436. The molecule has 1 N–H and O–H groups in total. The summed E-state index contributed by atoms with van der Waals surface area (Å²) in [5, 5.41) is 4.84. The largest absolute Gasteiger partial charge is 0.381 e. The minimum Gasteiger partial charge on any atom is -0.381 e. The summed E-state index contributed by atoms with van der Waals surface area (Å²) in [6.45, 7) is 1.60. The van der Waals surface area contributed by atoms with E-state index in [1.165, 1.54) is 0 Å². The second-order valence-electron chi connectivity index (χ2n) is 4.42. The van der Waals surface area contributed by atoms with Crippen LogP contribution in [-0.4, -0.2) is 26.3 Å². The van der Waals surface area contributed by atoms with E-state index in [1.54, 1.807) is 0 Å². The van der Waals surface area contributed by atoms with Crippen LogP contribution in [0, 0.1) is 5.92 Å². The zero-order chi connectivity index (χ0) is 12.3. The minimum absolute atomic E-state index is 0.436. The van der Waals surface area contributed by atoms with Crippen LogP contribution in [-0.2, 0) is 11.2 Å². The van der Waals surface area contributed by atoms with Crippen LogP contribution in [0.4, 0.5) is 0 Å². The van der Waals surface area contributed by atoms with Crippen LogP contribution in [0.15, 0.2) is 18.2 Å². The number of benzene rings is 1. The molecule has 17 heavy (non-hydrogen) atoms. The van der Waals surface area contributed by atoms with Gasteiger partial charge in [-0.3, -0.25) is 0 Å². The van der Waals surface area contributed by atoms with Crippen molar-refractivity contribution in [2.75, 3.05) is 20.3 Å². The van der Waals surface area contributed by atoms with E-state index in [9.17, 15) is 0 Å². The van der Waals surface area contributed by atoms with Crippen LogP contribution in [0.25, 0.3) is 0 Å². The van der Waals surface area contributed by atoms with Crippen molar-refractivity contribution in [3.05, 3.63) is 33.8 Å². The fourth-order valence-corrected chi connectivity index (χ4v) is 2.92. The van der Waals surface area contributed by atoms with Crippen molar-refractivity contribution >= 4 is 23.2 Å². The lowest BCUT2D eigenvalue weighted by Crippen LogP contribution is -2.42. The standard InChI is InChI=1S/C13H17Cl2NO/c1-16-13-5-6-17-8-9(13)7-10-11(14)3-2-4-12(10)15/h2-4,9,13,16H,5-8H2,1H3/t9-,13+/m0/s1. The predicted molar refractivity (Wildman–Crippen MR) is 71.9 cm³/mol. The van der Waals surface area contributed by atoms with Crippen molar-refractivity contribution in [3.63, 3.8) is 0 Å². The highest BCUT2D eigenvalue weighted by molar-refractivity contribution is 6.35. The molecule has 0 bridgehead atoms. The van der Waals surface area contributed by atoms with Gasteiger partial charge >= 0.3 is 0 Å². The van der Waals surface area contributed by atoms with Gasteiger partial charge in [-0.2, -0.15) is 0 Å². The van der Waals surface area contributed by atoms with Gasteiger partial charge in [0.05, 0.1) is 6.61 Å². The molecule has 0 amide bonds. The zero-order valence-electron chi connectivity index (χ0n) is 9.88. The van der Waals surface area contributed by atoms with Gasteiger partial charge in [0.2, 0.25) is 0 Å². The van der Waals surface area contributed by atoms with Crippen LogP contribution in [0.2, 0.25) is 10.0 Å². The Balaban J connectivity index is 2.13. The third kappa shape index (κ3) is 3.14. The predicted octanol–water partition coefficient (Wildman–Crippen LogP) is 3.16. The number of rotatable bonds is 3. The Morgan fingerprint density at radius 2 is 2.06 bits per heavy atom. The lowest BCUT2D eigenvalue weighted by molar-refractivity contribution is 0.0342. The van der Waals surface area contributed by atoms with E-state index in [-0.39, 0.29) is 0 Å².